The molecule has 0 radical (unpaired) electrons. The molecule has 2 unspecified atom stereocenters. The van der Waals surface area contributed by atoms with Crippen LogP contribution in [0.1, 0.15) is 35.7 Å². The van der Waals surface area contributed by atoms with E-state index < -0.39 is 17.6 Å². The molecular formula is C13H13BrF3NO. The van der Waals surface area contributed by atoms with E-state index in [4.69, 9.17) is 0 Å². The predicted molar refractivity (Wildman–Crippen MR) is 68.8 cm³/mol. The first kappa shape index (κ1) is 14.4. The van der Waals surface area contributed by atoms with Crippen molar-refractivity contribution in [3.05, 3.63) is 33.8 Å². The van der Waals surface area contributed by atoms with Crippen LogP contribution < -0.4 is 5.32 Å². The van der Waals surface area contributed by atoms with Crippen molar-refractivity contribution in [1.82, 2.24) is 5.32 Å². The Hall–Kier alpha value is -1.04. The van der Waals surface area contributed by atoms with Crippen molar-refractivity contribution in [2.24, 2.45) is 5.92 Å². The quantitative estimate of drug-likeness (QED) is 0.888. The van der Waals surface area contributed by atoms with Crippen LogP contribution in [0.3, 0.4) is 0 Å². The maximum Gasteiger partial charge on any atom is 0.416 e. The molecule has 1 fully saturated rings. The Kier molecular flexibility index (Phi) is 3.90. The van der Waals surface area contributed by atoms with Crippen LogP contribution in [-0.2, 0) is 6.18 Å². The lowest BCUT2D eigenvalue weighted by Gasteiger charge is -2.11. The third-order valence-corrected chi connectivity index (χ3v) is 3.99. The zero-order valence-electron chi connectivity index (χ0n) is 10.2. The summed E-state index contributed by atoms with van der Waals surface area (Å²) in [5, 5.41) is 2.75. The molecule has 6 heteroatoms. The van der Waals surface area contributed by atoms with Crippen LogP contribution in [0.5, 0.6) is 0 Å². The first-order valence-corrected chi connectivity index (χ1v) is 6.79. The van der Waals surface area contributed by atoms with E-state index in [1.165, 1.54) is 6.07 Å². The summed E-state index contributed by atoms with van der Waals surface area (Å²) in [6.45, 7) is 2.02. The first-order chi connectivity index (χ1) is 8.82. The Morgan fingerprint density at radius 1 is 1.47 bits per heavy atom. The molecule has 1 N–H and O–H groups in total. The summed E-state index contributed by atoms with van der Waals surface area (Å²) in [5.74, 6) is -0.00699. The highest BCUT2D eigenvalue weighted by Crippen LogP contribution is 2.35. The second-order valence-corrected chi connectivity index (χ2v) is 5.53. The molecule has 0 bridgehead atoms. The van der Waals surface area contributed by atoms with Crippen molar-refractivity contribution in [3.8, 4) is 0 Å². The summed E-state index contributed by atoms with van der Waals surface area (Å²) in [6, 6.07) is 3.18. The lowest BCUT2D eigenvalue weighted by atomic mass is 10.1. The Morgan fingerprint density at radius 3 is 2.68 bits per heavy atom. The van der Waals surface area contributed by atoms with Gasteiger partial charge >= 0.3 is 6.18 Å². The van der Waals surface area contributed by atoms with E-state index in [1.54, 1.807) is 0 Å². The number of carbonyl (C=O) groups excluding carboxylic acids is 1. The summed E-state index contributed by atoms with van der Waals surface area (Å²) in [4.78, 5) is 11.9. The van der Waals surface area contributed by atoms with E-state index in [2.05, 4.69) is 21.2 Å². The Bertz CT molecular complexity index is 501. The molecule has 1 aromatic carbocycles. The van der Waals surface area contributed by atoms with Gasteiger partial charge in [0.1, 0.15) is 0 Å². The highest BCUT2D eigenvalue weighted by molar-refractivity contribution is 9.10. The number of nitrogens with one attached hydrogen (secondary N) is 1. The van der Waals surface area contributed by atoms with Gasteiger partial charge in [-0.2, -0.15) is 13.2 Å². The van der Waals surface area contributed by atoms with Crippen LogP contribution in [0, 0.1) is 5.92 Å². The number of carbonyl (C=O) groups is 1. The average Bonchev–Trinajstić information content (AvgIpc) is 3.06. The zero-order chi connectivity index (χ0) is 14.2. The smallest absolute Gasteiger partial charge is 0.349 e. The van der Waals surface area contributed by atoms with Crippen LogP contribution in [0.2, 0.25) is 0 Å². The van der Waals surface area contributed by atoms with Gasteiger partial charge in [-0.15, -0.1) is 0 Å². The van der Waals surface area contributed by atoms with Crippen molar-refractivity contribution in [2.75, 3.05) is 0 Å². The Labute approximate surface area is 117 Å². The Balaban J connectivity index is 2.17. The molecule has 0 aromatic heterocycles. The van der Waals surface area contributed by atoms with Gasteiger partial charge in [-0.3, -0.25) is 4.79 Å². The molecule has 1 amide bonds. The number of hydrogen-bond acceptors (Lipinski definition) is 1. The third kappa shape index (κ3) is 3.29. The van der Waals surface area contributed by atoms with Gasteiger partial charge in [0.15, 0.2) is 0 Å². The van der Waals surface area contributed by atoms with Gasteiger partial charge in [0, 0.05) is 10.5 Å². The molecule has 2 nitrogen and oxygen atoms in total. The maximum absolute atomic E-state index is 12.6. The molecule has 1 aromatic rings. The number of rotatable bonds is 3. The lowest BCUT2D eigenvalue weighted by Crippen LogP contribution is -2.27. The summed E-state index contributed by atoms with van der Waals surface area (Å²) in [7, 11) is 0. The van der Waals surface area contributed by atoms with Crippen LogP contribution in [0.4, 0.5) is 13.2 Å². The third-order valence-electron chi connectivity index (χ3n) is 3.30. The fourth-order valence-electron chi connectivity index (χ4n) is 2.00. The molecule has 1 aliphatic carbocycles. The predicted octanol–water partition coefficient (Wildman–Crippen LogP) is 4.00. The molecule has 0 saturated heterocycles. The van der Waals surface area contributed by atoms with Gasteiger partial charge in [-0.05, 0) is 46.5 Å². The van der Waals surface area contributed by atoms with Gasteiger partial charge in [-0.25, -0.2) is 0 Å². The topological polar surface area (TPSA) is 29.1 Å². The van der Waals surface area contributed by atoms with E-state index in [9.17, 15) is 18.0 Å². The minimum Gasteiger partial charge on any atom is -0.349 e. The largest absolute Gasteiger partial charge is 0.416 e. The highest BCUT2D eigenvalue weighted by Gasteiger charge is 2.37. The monoisotopic (exact) mass is 335 g/mol. The average molecular weight is 336 g/mol. The summed E-state index contributed by atoms with van der Waals surface area (Å²) in [6.07, 6.45) is -2.57. The van der Waals surface area contributed by atoms with Crippen molar-refractivity contribution in [1.29, 1.82) is 0 Å². The van der Waals surface area contributed by atoms with Gasteiger partial charge in [0.25, 0.3) is 5.91 Å². The van der Waals surface area contributed by atoms with Crippen LogP contribution >= 0.6 is 15.9 Å². The van der Waals surface area contributed by atoms with Gasteiger partial charge in [-0.1, -0.05) is 13.3 Å². The molecule has 19 heavy (non-hydrogen) atoms. The molecule has 0 aliphatic heterocycles. The fraction of sp³-hybridized carbons (Fsp3) is 0.462. The molecule has 0 spiro atoms. The van der Waals surface area contributed by atoms with Crippen LogP contribution in [-0.4, -0.2) is 11.9 Å². The number of hydrogen-bond donors (Lipinski definition) is 1. The second kappa shape index (κ2) is 5.15. The van der Waals surface area contributed by atoms with E-state index >= 15 is 0 Å². The number of alkyl halides is 3. The molecule has 1 aliphatic rings. The highest BCUT2D eigenvalue weighted by atomic mass is 79.9. The van der Waals surface area contributed by atoms with E-state index in [0.29, 0.717) is 10.4 Å². The minimum atomic E-state index is -4.44. The molecular weight excluding hydrogens is 323 g/mol. The van der Waals surface area contributed by atoms with E-state index in [0.717, 1.165) is 25.0 Å². The normalized spacial score (nSPS) is 22.2. The lowest BCUT2D eigenvalue weighted by molar-refractivity contribution is -0.137. The number of halogens is 4. The van der Waals surface area contributed by atoms with Crippen LogP contribution in [0.25, 0.3) is 0 Å². The maximum atomic E-state index is 12.6. The summed E-state index contributed by atoms with van der Waals surface area (Å²) < 4.78 is 38.2. The standard InChI is InChI=1S/C13H13BrF3NO/c1-2-7-5-11(7)18-12(19)9-6-8(13(15,16)17)3-4-10(9)14/h3-4,6-7,11H,2,5H2,1H3,(H,18,19). The number of benzene rings is 1. The van der Waals surface area contributed by atoms with Gasteiger partial charge in [0.2, 0.25) is 0 Å². The fourth-order valence-corrected chi connectivity index (χ4v) is 2.42. The van der Waals surface area contributed by atoms with Gasteiger partial charge < -0.3 is 5.32 Å². The molecule has 2 atom stereocenters. The Morgan fingerprint density at radius 2 is 2.16 bits per heavy atom. The van der Waals surface area contributed by atoms with E-state index in [1.807, 2.05) is 6.92 Å². The van der Waals surface area contributed by atoms with Crippen molar-refractivity contribution >= 4 is 21.8 Å². The summed E-state index contributed by atoms with van der Waals surface area (Å²) in [5.41, 5.74) is -0.791. The van der Waals surface area contributed by atoms with Crippen molar-refractivity contribution in [3.63, 3.8) is 0 Å². The first-order valence-electron chi connectivity index (χ1n) is 6.00. The van der Waals surface area contributed by atoms with Crippen molar-refractivity contribution in [2.45, 2.75) is 32.0 Å². The van der Waals surface area contributed by atoms with Crippen molar-refractivity contribution < 1.29 is 18.0 Å². The minimum absolute atomic E-state index is 0.0246. The van der Waals surface area contributed by atoms with Crippen LogP contribution in [0.15, 0.2) is 22.7 Å². The molecule has 2 rings (SSSR count). The molecule has 1 saturated carbocycles. The summed E-state index contributed by atoms with van der Waals surface area (Å²) >= 11 is 3.11. The molecule has 0 heterocycles. The van der Waals surface area contributed by atoms with Gasteiger partial charge in [0.05, 0.1) is 11.1 Å². The second-order valence-electron chi connectivity index (χ2n) is 4.68. The SMILES string of the molecule is CCC1CC1NC(=O)c1cc(C(F)(F)F)ccc1Br. The zero-order valence-corrected chi connectivity index (χ0v) is 11.8. The number of amides is 1. The molecule has 104 valence electrons. The van der Waals surface area contributed by atoms with E-state index in [-0.39, 0.29) is 11.6 Å².